The van der Waals surface area contributed by atoms with Crippen molar-refractivity contribution in [1.29, 1.82) is 0 Å². The van der Waals surface area contributed by atoms with E-state index in [-0.39, 0.29) is 6.10 Å². The van der Waals surface area contributed by atoms with Crippen molar-refractivity contribution in [3.05, 3.63) is 81.9 Å². The van der Waals surface area contributed by atoms with Crippen molar-refractivity contribution < 1.29 is 14.2 Å². The van der Waals surface area contributed by atoms with Gasteiger partial charge in [0.25, 0.3) is 0 Å². The smallest absolute Gasteiger partial charge is 0.196 e. The molecule has 2 atom stereocenters. The monoisotopic (exact) mass is 461 g/mol. The first kappa shape index (κ1) is 22.2. The summed E-state index contributed by atoms with van der Waals surface area (Å²) < 4.78 is 20.3. The van der Waals surface area contributed by atoms with Gasteiger partial charge in [-0.2, -0.15) is 5.10 Å². The van der Waals surface area contributed by atoms with Crippen LogP contribution in [0.25, 0.3) is 0 Å². The zero-order valence-electron chi connectivity index (χ0n) is 17.3. The first-order chi connectivity index (χ1) is 15.1. The number of nitrogens with zero attached hydrogens (tertiary/aromatic N) is 3. The molecule has 8 heteroatoms. The van der Waals surface area contributed by atoms with Crippen LogP contribution in [0.5, 0.6) is 0 Å². The molecule has 0 N–H and O–H groups in total. The van der Waals surface area contributed by atoms with E-state index in [0.29, 0.717) is 36.3 Å². The Labute approximate surface area is 192 Å². The lowest BCUT2D eigenvalue weighted by molar-refractivity contribution is -0.187. The largest absolute Gasteiger partial charge is 0.374 e. The summed E-state index contributed by atoms with van der Waals surface area (Å²) in [5.74, 6) is -0.0285. The van der Waals surface area contributed by atoms with Crippen molar-refractivity contribution in [1.82, 2.24) is 14.8 Å². The molecule has 1 aliphatic rings. The van der Waals surface area contributed by atoms with E-state index in [2.05, 4.69) is 10.1 Å². The summed E-state index contributed by atoms with van der Waals surface area (Å²) in [7, 11) is 1.89. The van der Waals surface area contributed by atoms with Crippen molar-refractivity contribution >= 4 is 23.2 Å². The van der Waals surface area contributed by atoms with Crippen molar-refractivity contribution in [2.24, 2.45) is 7.05 Å². The third-order valence-electron chi connectivity index (χ3n) is 5.33. The van der Waals surface area contributed by atoms with Crippen LogP contribution in [-0.2, 0) is 40.1 Å². The highest BCUT2D eigenvalue weighted by atomic mass is 35.5. The van der Waals surface area contributed by atoms with Crippen molar-refractivity contribution in [2.75, 3.05) is 13.2 Å². The van der Waals surface area contributed by atoms with Crippen LogP contribution in [0.15, 0.2) is 54.9 Å². The van der Waals surface area contributed by atoms with Crippen molar-refractivity contribution in [3.63, 3.8) is 0 Å². The van der Waals surface area contributed by atoms with Gasteiger partial charge in [0.05, 0.1) is 24.8 Å². The molecule has 1 aromatic heterocycles. The number of aromatic nitrogens is 3. The Balaban J connectivity index is 1.43. The Bertz CT molecular complexity index is 999. The van der Waals surface area contributed by atoms with E-state index in [0.717, 1.165) is 29.8 Å². The maximum Gasteiger partial charge on any atom is 0.196 e. The molecule has 0 saturated carbocycles. The third kappa shape index (κ3) is 5.45. The molecular formula is C23H25Cl2N3O3. The second-order valence-electron chi connectivity index (χ2n) is 7.58. The van der Waals surface area contributed by atoms with E-state index in [1.54, 1.807) is 23.1 Å². The van der Waals surface area contributed by atoms with Gasteiger partial charge in [0.15, 0.2) is 5.79 Å². The standard InChI is InChI=1S/C23H25Cl2N3O3/c1-28-22(26-16-27-28)8-5-11-23(20-10-9-18(24)12-21(20)25)30-15-19(31-23)14-29-13-17-6-3-2-4-7-17/h2-4,6-7,9-10,12,16,19H,5,8,11,13-15H2,1H3/t19-,23-/m0/s1. The van der Waals surface area contributed by atoms with E-state index in [4.69, 9.17) is 37.4 Å². The van der Waals surface area contributed by atoms with Crippen LogP contribution in [0.4, 0.5) is 0 Å². The molecule has 31 heavy (non-hydrogen) atoms. The third-order valence-corrected chi connectivity index (χ3v) is 5.88. The predicted octanol–water partition coefficient (Wildman–Crippen LogP) is 4.93. The summed E-state index contributed by atoms with van der Waals surface area (Å²) in [6.45, 7) is 1.39. The molecule has 2 heterocycles. The quantitative estimate of drug-likeness (QED) is 0.452. The predicted molar refractivity (Wildman–Crippen MR) is 119 cm³/mol. The van der Waals surface area contributed by atoms with Gasteiger partial charge in [0.2, 0.25) is 0 Å². The molecule has 0 bridgehead atoms. The number of hydrogen-bond acceptors (Lipinski definition) is 5. The van der Waals surface area contributed by atoms with Gasteiger partial charge in [0, 0.05) is 30.5 Å². The summed E-state index contributed by atoms with van der Waals surface area (Å²) in [6, 6.07) is 15.5. The average Bonchev–Trinajstić information content (AvgIpc) is 3.36. The topological polar surface area (TPSA) is 58.4 Å². The normalized spacial score (nSPS) is 20.9. The molecule has 164 valence electrons. The number of hydrogen-bond donors (Lipinski definition) is 0. The van der Waals surface area contributed by atoms with E-state index in [9.17, 15) is 0 Å². The molecule has 0 radical (unpaired) electrons. The molecule has 0 unspecified atom stereocenters. The summed E-state index contributed by atoms with van der Waals surface area (Å²) in [6.07, 6.45) is 3.54. The Morgan fingerprint density at radius 3 is 2.77 bits per heavy atom. The lowest BCUT2D eigenvalue weighted by Gasteiger charge is -2.29. The molecule has 0 aliphatic carbocycles. The summed E-state index contributed by atoms with van der Waals surface area (Å²) >= 11 is 12.6. The highest BCUT2D eigenvalue weighted by molar-refractivity contribution is 6.35. The summed E-state index contributed by atoms with van der Waals surface area (Å²) in [4.78, 5) is 4.30. The van der Waals surface area contributed by atoms with Gasteiger partial charge in [-0.25, -0.2) is 4.98 Å². The summed E-state index contributed by atoms with van der Waals surface area (Å²) in [5.41, 5.74) is 1.90. The molecule has 1 saturated heterocycles. The Kier molecular flexibility index (Phi) is 7.25. The maximum absolute atomic E-state index is 6.53. The average molecular weight is 462 g/mol. The number of benzene rings is 2. The number of ether oxygens (including phenoxy) is 3. The van der Waals surface area contributed by atoms with Crippen molar-refractivity contribution in [2.45, 2.75) is 37.8 Å². The molecule has 0 amide bonds. The fourth-order valence-electron chi connectivity index (χ4n) is 3.76. The molecule has 2 aromatic carbocycles. The lowest BCUT2D eigenvalue weighted by Crippen LogP contribution is -2.30. The highest BCUT2D eigenvalue weighted by Gasteiger charge is 2.44. The molecule has 4 rings (SSSR count). The molecule has 1 fully saturated rings. The van der Waals surface area contributed by atoms with Crippen LogP contribution in [0.2, 0.25) is 10.0 Å². The Morgan fingerprint density at radius 2 is 2.03 bits per heavy atom. The first-order valence-electron chi connectivity index (χ1n) is 10.3. The fourth-order valence-corrected chi connectivity index (χ4v) is 4.31. The van der Waals surface area contributed by atoms with Gasteiger partial charge < -0.3 is 14.2 Å². The Morgan fingerprint density at radius 1 is 1.19 bits per heavy atom. The van der Waals surface area contributed by atoms with Crippen LogP contribution >= 0.6 is 23.2 Å². The molecule has 6 nitrogen and oxygen atoms in total. The molecule has 3 aromatic rings. The zero-order valence-corrected chi connectivity index (χ0v) is 18.9. The van der Waals surface area contributed by atoms with Gasteiger partial charge in [-0.05, 0) is 24.1 Å². The van der Waals surface area contributed by atoms with E-state index >= 15 is 0 Å². The van der Waals surface area contributed by atoms with E-state index in [1.165, 1.54) is 0 Å². The minimum Gasteiger partial charge on any atom is -0.374 e. The first-order valence-corrected chi connectivity index (χ1v) is 11.0. The molecule has 0 spiro atoms. The van der Waals surface area contributed by atoms with Gasteiger partial charge >= 0.3 is 0 Å². The van der Waals surface area contributed by atoms with Gasteiger partial charge in [-0.15, -0.1) is 0 Å². The number of aryl methyl sites for hydroxylation is 2. The lowest BCUT2D eigenvalue weighted by atomic mass is 9.99. The van der Waals surface area contributed by atoms with Crippen LogP contribution in [-0.4, -0.2) is 34.1 Å². The fraction of sp³-hybridized carbons (Fsp3) is 0.391. The van der Waals surface area contributed by atoms with Gasteiger partial charge in [-0.3, -0.25) is 4.68 Å². The second kappa shape index (κ2) is 10.1. The van der Waals surface area contributed by atoms with Gasteiger partial charge in [0.1, 0.15) is 18.3 Å². The minimum atomic E-state index is -0.943. The number of halogens is 2. The second-order valence-corrected chi connectivity index (χ2v) is 8.43. The zero-order chi connectivity index (χ0) is 21.7. The van der Waals surface area contributed by atoms with Crippen LogP contribution in [0.1, 0.15) is 29.8 Å². The van der Waals surface area contributed by atoms with Gasteiger partial charge in [-0.1, -0.05) is 59.6 Å². The van der Waals surface area contributed by atoms with Crippen LogP contribution < -0.4 is 0 Å². The summed E-state index contributed by atoms with van der Waals surface area (Å²) in [5, 5.41) is 5.23. The van der Waals surface area contributed by atoms with E-state index < -0.39 is 5.79 Å². The molecular weight excluding hydrogens is 437 g/mol. The number of rotatable bonds is 9. The SMILES string of the molecule is Cn1ncnc1CCC[C@]1(c2ccc(Cl)cc2Cl)OC[C@H](COCc2ccccc2)O1. The molecule has 1 aliphatic heterocycles. The van der Waals surface area contributed by atoms with Crippen molar-refractivity contribution in [3.8, 4) is 0 Å². The van der Waals surface area contributed by atoms with E-state index in [1.807, 2.05) is 43.4 Å². The Hall–Kier alpha value is -1.96. The highest BCUT2D eigenvalue weighted by Crippen LogP contribution is 2.42. The van der Waals surface area contributed by atoms with Crippen LogP contribution in [0, 0.1) is 0 Å². The maximum atomic E-state index is 6.53. The van der Waals surface area contributed by atoms with Crippen LogP contribution in [0.3, 0.4) is 0 Å². The minimum absolute atomic E-state index is 0.190.